The molecule has 0 fully saturated rings. The van der Waals surface area contributed by atoms with Crippen molar-refractivity contribution in [1.82, 2.24) is 5.32 Å². The Morgan fingerprint density at radius 2 is 2.12 bits per heavy atom. The van der Waals surface area contributed by atoms with Gasteiger partial charge in [0.1, 0.15) is 0 Å². The molecule has 1 aromatic rings. The van der Waals surface area contributed by atoms with Gasteiger partial charge in [0.05, 0.1) is 6.61 Å². The minimum atomic E-state index is 0.235. The largest absolute Gasteiger partial charge is 0.395 e. The molecule has 3 heteroatoms. The van der Waals surface area contributed by atoms with Gasteiger partial charge >= 0.3 is 0 Å². The number of aryl methyl sites for hydroxylation is 1. The van der Waals surface area contributed by atoms with Gasteiger partial charge in [-0.3, -0.25) is 0 Å². The predicted octanol–water partition coefficient (Wildman–Crippen LogP) is 2.59. The minimum absolute atomic E-state index is 0.235. The van der Waals surface area contributed by atoms with E-state index in [0.29, 0.717) is 0 Å². The van der Waals surface area contributed by atoms with Crippen LogP contribution in [0, 0.1) is 6.92 Å². The average Bonchev–Trinajstić information content (AvgIpc) is 2.35. The number of likely N-dealkylation sites (N-methyl/N-ethyl adjacent to an activating group) is 1. The lowest BCUT2D eigenvalue weighted by atomic mass is 10.1. The molecule has 0 aliphatic heterocycles. The molecule has 0 heterocycles. The summed E-state index contributed by atoms with van der Waals surface area (Å²) in [5.74, 6) is 2.16. The third-order valence-corrected chi connectivity index (χ3v) is 3.88. The van der Waals surface area contributed by atoms with Crippen molar-refractivity contribution in [2.75, 3.05) is 18.9 Å². The van der Waals surface area contributed by atoms with Crippen LogP contribution < -0.4 is 5.32 Å². The summed E-state index contributed by atoms with van der Waals surface area (Å²) < 4.78 is 0. The highest BCUT2D eigenvalue weighted by atomic mass is 32.2. The molecular weight excluding hydrogens is 230 g/mol. The monoisotopic (exact) mass is 253 g/mol. The van der Waals surface area contributed by atoms with E-state index >= 15 is 0 Å². The van der Waals surface area contributed by atoms with Gasteiger partial charge in [0.2, 0.25) is 0 Å². The zero-order valence-corrected chi connectivity index (χ0v) is 11.6. The van der Waals surface area contributed by atoms with Gasteiger partial charge in [-0.25, -0.2) is 0 Å². The second-order valence-corrected chi connectivity index (χ2v) is 5.31. The van der Waals surface area contributed by atoms with Crippen LogP contribution in [-0.2, 0) is 5.75 Å². The smallest absolute Gasteiger partial charge is 0.0584 e. The van der Waals surface area contributed by atoms with Crippen molar-refractivity contribution < 1.29 is 5.11 Å². The maximum absolute atomic E-state index is 9.15. The van der Waals surface area contributed by atoms with Crippen LogP contribution in [0.1, 0.15) is 24.5 Å². The lowest BCUT2D eigenvalue weighted by Crippen LogP contribution is -2.32. The molecule has 0 amide bonds. The minimum Gasteiger partial charge on any atom is -0.395 e. The first-order valence-electron chi connectivity index (χ1n) is 6.24. The van der Waals surface area contributed by atoms with E-state index in [1.54, 1.807) is 0 Å². The quantitative estimate of drug-likeness (QED) is 0.699. The van der Waals surface area contributed by atoms with Crippen LogP contribution >= 0.6 is 11.8 Å². The lowest BCUT2D eigenvalue weighted by molar-refractivity contribution is 0.242. The predicted molar refractivity (Wildman–Crippen MR) is 76.5 cm³/mol. The van der Waals surface area contributed by atoms with Crippen molar-refractivity contribution in [3.63, 3.8) is 0 Å². The number of nitrogens with one attached hydrogen (secondary N) is 1. The van der Waals surface area contributed by atoms with Crippen molar-refractivity contribution in [2.45, 2.75) is 32.1 Å². The molecule has 0 spiro atoms. The topological polar surface area (TPSA) is 32.3 Å². The second-order valence-electron chi connectivity index (χ2n) is 4.20. The van der Waals surface area contributed by atoms with E-state index in [-0.39, 0.29) is 12.6 Å². The van der Waals surface area contributed by atoms with E-state index in [0.717, 1.165) is 24.5 Å². The Morgan fingerprint density at radius 1 is 1.35 bits per heavy atom. The summed E-state index contributed by atoms with van der Waals surface area (Å²) in [5, 5.41) is 12.4. The summed E-state index contributed by atoms with van der Waals surface area (Å²) in [6.45, 7) is 5.39. The summed E-state index contributed by atoms with van der Waals surface area (Å²) >= 11 is 1.94. The molecule has 0 aromatic heterocycles. The Bertz CT molecular complexity index is 317. The number of rotatable bonds is 8. The molecule has 0 saturated carbocycles. The standard InChI is InChI=1S/C14H23NOS/c1-3-15-14(10-16)8-9-17-11-13-7-5-4-6-12(13)2/h4-7,14-16H,3,8-11H2,1-2H3. The van der Waals surface area contributed by atoms with Crippen LogP contribution in [-0.4, -0.2) is 30.1 Å². The molecule has 1 unspecified atom stereocenters. The summed E-state index contributed by atoms with van der Waals surface area (Å²) in [7, 11) is 0. The first-order valence-corrected chi connectivity index (χ1v) is 7.40. The highest BCUT2D eigenvalue weighted by molar-refractivity contribution is 7.98. The number of hydrogen-bond donors (Lipinski definition) is 2. The third kappa shape index (κ3) is 5.57. The Labute approximate surface area is 109 Å². The molecule has 1 rings (SSSR count). The third-order valence-electron chi connectivity index (χ3n) is 2.84. The van der Waals surface area contributed by atoms with Crippen molar-refractivity contribution in [3.05, 3.63) is 35.4 Å². The van der Waals surface area contributed by atoms with E-state index in [9.17, 15) is 0 Å². The Balaban J connectivity index is 2.22. The van der Waals surface area contributed by atoms with Crippen LogP contribution in [0.3, 0.4) is 0 Å². The van der Waals surface area contributed by atoms with Gasteiger partial charge in [0, 0.05) is 11.8 Å². The molecule has 0 radical (unpaired) electrons. The lowest BCUT2D eigenvalue weighted by Gasteiger charge is -2.14. The highest BCUT2D eigenvalue weighted by Crippen LogP contribution is 2.16. The Morgan fingerprint density at radius 3 is 2.76 bits per heavy atom. The molecule has 2 nitrogen and oxygen atoms in total. The molecule has 0 saturated heterocycles. The van der Waals surface area contributed by atoms with Crippen LogP contribution in [0.4, 0.5) is 0 Å². The fraction of sp³-hybridized carbons (Fsp3) is 0.571. The zero-order chi connectivity index (χ0) is 12.5. The van der Waals surface area contributed by atoms with E-state index in [2.05, 4.69) is 43.4 Å². The average molecular weight is 253 g/mol. The first kappa shape index (κ1) is 14.6. The molecule has 17 heavy (non-hydrogen) atoms. The van der Waals surface area contributed by atoms with Crippen molar-refractivity contribution >= 4 is 11.8 Å². The number of aliphatic hydroxyl groups excluding tert-OH is 1. The number of thioether (sulfide) groups is 1. The van der Waals surface area contributed by atoms with Crippen LogP contribution in [0.5, 0.6) is 0 Å². The second kappa shape index (κ2) is 8.56. The van der Waals surface area contributed by atoms with Crippen molar-refractivity contribution in [2.24, 2.45) is 0 Å². The van der Waals surface area contributed by atoms with Crippen LogP contribution in [0.2, 0.25) is 0 Å². The van der Waals surface area contributed by atoms with E-state index < -0.39 is 0 Å². The SMILES string of the molecule is CCNC(CO)CCSCc1ccccc1C. The van der Waals surface area contributed by atoms with Gasteiger partial charge in [-0.2, -0.15) is 11.8 Å². The van der Waals surface area contributed by atoms with E-state index in [1.807, 2.05) is 11.8 Å². The molecule has 0 aliphatic carbocycles. The first-order chi connectivity index (χ1) is 8.27. The summed E-state index contributed by atoms with van der Waals surface area (Å²) in [6, 6.07) is 8.78. The number of benzene rings is 1. The molecule has 1 aromatic carbocycles. The fourth-order valence-electron chi connectivity index (χ4n) is 1.73. The number of hydrogen-bond acceptors (Lipinski definition) is 3. The maximum Gasteiger partial charge on any atom is 0.0584 e. The van der Waals surface area contributed by atoms with Gasteiger partial charge in [-0.15, -0.1) is 0 Å². The molecule has 1 atom stereocenters. The van der Waals surface area contributed by atoms with Gasteiger partial charge in [0.25, 0.3) is 0 Å². The normalized spacial score (nSPS) is 12.6. The van der Waals surface area contributed by atoms with Gasteiger partial charge < -0.3 is 10.4 Å². The summed E-state index contributed by atoms with van der Waals surface area (Å²) in [6.07, 6.45) is 1.03. The van der Waals surface area contributed by atoms with Crippen LogP contribution in [0.25, 0.3) is 0 Å². The van der Waals surface area contributed by atoms with Crippen molar-refractivity contribution in [3.8, 4) is 0 Å². The van der Waals surface area contributed by atoms with E-state index in [1.165, 1.54) is 11.1 Å². The molecular formula is C14H23NOS. The molecule has 0 aliphatic rings. The maximum atomic E-state index is 9.15. The van der Waals surface area contributed by atoms with E-state index in [4.69, 9.17) is 5.11 Å². The van der Waals surface area contributed by atoms with Gasteiger partial charge in [0.15, 0.2) is 0 Å². The zero-order valence-electron chi connectivity index (χ0n) is 10.8. The van der Waals surface area contributed by atoms with Gasteiger partial charge in [-0.1, -0.05) is 31.2 Å². The van der Waals surface area contributed by atoms with Crippen molar-refractivity contribution in [1.29, 1.82) is 0 Å². The molecule has 96 valence electrons. The Hall–Kier alpha value is -0.510. The fourth-order valence-corrected chi connectivity index (χ4v) is 2.87. The van der Waals surface area contributed by atoms with Crippen LogP contribution in [0.15, 0.2) is 24.3 Å². The summed E-state index contributed by atoms with van der Waals surface area (Å²) in [5.41, 5.74) is 2.78. The Kier molecular flexibility index (Phi) is 7.33. The molecule has 2 N–H and O–H groups in total. The summed E-state index contributed by atoms with van der Waals surface area (Å²) in [4.78, 5) is 0. The molecule has 0 bridgehead atoms. The highest BCUT2D eigenvalue weighted by Gasteiger charge is 2.05. The number of aliphatic hydroxyl groups is 1. The van der Waals surface area contributed by atoms with Gasteiger partial charge in [-0.05, 0) is 36.8 Å².